The van der Waals surface area contributed by atoms with Crippen molar-refractivity contribution in [1.82, 2.24) is 9.88 Å². The second kappa shape index (κ2) is 9.92. The molecule has 0 saturated heterocycles. The molecule has 28 heavy (non-hydrogen) atoms. The number of pyridine rings is 1. The monoisotopic (exact) mass is 381 g/mol. The molecule has 1 aliphatic rings. The van der Waals surface area contributed by atoms with Crippen LogP contribution in [0.5, 0.6) is 5.75 Å². The first-order valence-electron chi connectivity index (χ1n) is 10.8. The molecule has 1 saturated carbocycles. The van der Waals surface area contributed by atoms with E-state index < -0.39 is 0 Å². The smallest absolute Gasteiger partial charge is 0.128 e. The van der Waals surface area contributed by atoms with Crippen LogP contribution in [0.3, 0.4) is 0 Å². The highest BCUT2D eigenvalue weighted by Gasteiger charge is 2.20. The van der Waals surface area contributed by atoms with Crippen molar-refractivity contribution >= 4 is 5.82 Å². The second-order valence-corrected chi connectivity index (χ2v) is 7.79. The molecule has 0 atom stereocenters. The third-order valence-corrected chi connectivity index (χ3v) is 6.11. The topological polar surface area (TPSA) is 51.4 Å². The van der Waals surface area contributed by atoms with Gasteiger partial charge in [-0.15, -0.1) is 0 Å². The van der Waals surface area contributed by atoms with E-state index in [0.29, 0.717) is 5.82 Å². The average Bonchev–Trinajstić information content (AvgIpc) is 2.74. The largest absolute Gasteiger partial charge is 0.496 e. The van der Waals surface area contributed by atoms with Gasteiger partial charge in [0.2, 0.25) is 0 Å². The zero-order chi connectivity index (χ0) is 19.9. The van der Waals surface area contributed by atoms with Crippen LogP contribution in [0.15, 0.2) is 30.3 Å². The Morgan fingerprint density at radius 1 is 1.11 bits per heavy atom. The summed E-state index contributed by atoms with van der Waals surface area (Å²) in [4.78, 5) is 7.17. The summed E-state index contributed by atoms with van der Waals surface area (Å²) in [5, 5.41) is 0. The first-order chi connectivity index (χ1) is 13.7. The average molecular weight is 382 g/mol. The Kier molecular flexibility index (Phi) is 7.32. The van der Waals surface area contributed by atoms with Gasteiger partial charge in [0.1, 0.15) is 11.6 Å². The lowest BCUT2D eigenvalue weighted by atomic mass is 9.93. The van der Waals surface area contributed by atoms with E-state index in [1.54, 1.807) is 7.11 Å². The fourth-order valence-corrected chi connectivity index (χ4v) is 4.51. The molecule has 152 valence electrons. The van der Waals surface area contributed by atoms with Crippen LogP contribution in [0.1, 0.15) is 57.1 Å². The molecule has 0 radical (unpaired) electrons. The molecule has 1 heterocycles. The first-order valence-corrected chi connectivity index (χ1v) is 10.8. The Hall–Kier alpha value is -2.07. The summed E-state index contributed by atoms with van der Waals surface area (Å²) in [5.41, 5.74) is 10.6. The van der Waals surface area contributed by atoms with Crippen molar-refractivity contribution in [2.24, 2.45) is 0 Å². The molecule has 3 rings (SSSR count). The quantitative estimate of drug-likeness (QED) is 0.691. The molecule has 0 unspecified atom stereocenters. The van der Waals surface area contributed by atoms with Gasteiger partial charge < -0.3 is 15.4 Å². The Morgan fingerprint density at radius 3 is 2.54 bits per heavy atom. The van der Waals surface area contributed by atoms with Gasteiger partial charge in [-0.2, -0.15) is 0 Å². The molecule has 0 aliphatic heterocycles. The van der Waals surface area contributed by atoms with E-state index in [1.165, 1.54) is 43.2 Å². The third-order valence-electron chi connectivity index (χ3n) is 6.11. The number of aromatic nitrogens is 1. The summed E-state index contributed by atoms with van der Waals surface area (Å²) in [5.74, 6) is 1.42. The molecule has 1 fully saturated rings. The van der Waals surface area contributed by atoms with Gasteiger partial charge in [-0.1, -0.05) is 39.2 Å². The van der Waals surface area contributed by atoms with Crippen molar-refractivity contribution in [2.75, 3.05) is 25.9 Å². The molecule has 0 amide bonds. The van der Waals surface area contributed by atoms with Gasteiger partial charge in [0.15, 0.2) is 0 Å². The van der Waals surface area contributed by atoms with Crippen LogP contribution >= 0.6 is 0 Å². The highest BCUT2D eigenvalue weighted by molar-refractivity contribution is 5.70. The van der Waals surface area contributed by atoms with E-state index in [-0.39, 0.29) is 0 Å². The molecule has 0 spiro atoms. The minimum absolute atomic E-state index is 0.535. The van der Waals surface area contributed by atoms with Crippen LogP contribution in [0.4, 0.5) is 5.82 Å². The lowest BCUT2D eigenvalue weighted by molar-refractivity contribution is 0.165. The zero-order valence-electron chi connectivity index (χ0n) is 17.7. The van der Waals surface area contributed by atoms with Gasteiger partial charge in [0.05, 0.1) is 12.8 Å². The number of likely N-dealkylation sites (N-methyl/N-ethyl adjacent to an activating group) is 1. The normalized spacial score (nSPS) is 15.1. The summed E-state index contributed by atoms with van der Waals surface area (Å²) in [6, 6.07) is 11.0. The summed E-state index contributed by atoms with van der Waals surface area (Å²) in [6.45, 7) is 6.77. The van der Waals surface area contributed by atoms with Crippen LogP contribution in [-0.4, -0.2) is 36.1 Å². The molecule has 1 aromatic heterocycles. The van der Waals surface area contributed by atoms with Crippen LogP contribution in [0.2, 0.25) is 0 Å². The van der Waals surface area contributed by atoms with Crippen LogP contribution < -0.4 is 10.5 Å². The maximum Gasteiger partial charge on any atom is 0.128 e. The van der Waals surface area contributed by atoms with Gasteiger partial charge in [-0.25, -0.2) is 4.98 Å². The number of anilines is 1. The minimum Gasteiger partial charge on any atom is -0.496 e. The number of hydrogen-bond donors (Lipinski definition) is 1. The first kappa shape index (κ1) is 20.7. The molecule has 4 nitrogen and oxygen atoms in total. The summed E-state index contributed by atoms with van der Waals surface area (Å²) >= 11 is 0. The maximum absolute atomic E-state index is 5.90. The van der Waals surface area contributed by atoms with E-state index in [4.69, 9.17) is 10.5 Å². The SMILES string of the molecule is CCc1cc(-c2cccc(N)n2)c(OC)cc1CCN(CC)C1CCCCC1. The molecule has 1 aromatic carbocycles. The van der Waals surface area contributed by atoms with Crippen LogP contribution in [0, 0.1) is 0 Å². The number of hydrogen-bond acceptors (Lipinski definition) is 4. The number of nitrogen functional groups attached to an aromatic ring is 1. The highest BCUT2D eigenvalue weighted by Crippen LogP contribution is 2.33. The summed E-state index contributed by atoms with van der Waals surface area (Å²) in [6.07, 6.45) is 8.97. The molecule has 2 N–H and O–H groups in total. The summed E-state index contributed by atoms with van der Waals surface area (Å²) < 4.78 is 5.73. The van der Waals surface area contributed by atoms with Crippen molar-refractivity contribution in [1.29, 1.82) is 0 Å². The lowest BCUT2D eigenvalue weighted by Crippen LogP contribution is -2.38. The van der Waals surface area contributed by atoms with Crippen molar-refractivity contribution in [3.63, 3.8) is 0 Å². The Morgan fingerprint density at radius 2 is 1.89 bits per heavy atom. The number of aryl methyl sites for hydroxylation is 1. The van der Waals surface area contributed by atoms with E-state index in [0.717, 1.165) is 49.0 Å². The number of benzene rings is 1. The number of ether oxygens (including phenoxy) is 1. The Balaban J connectivity index is 1.82. The third kappa shape index (κ3) is 4.85. The predicted molar refractivity (Wildman–Crippen MR) is 118 cm³/mol. The van der Waals surface area contributed by atoms with Crippen molar-refractivity contribution in [3.8, 4) is 17.0 Å². The Labute approximate surface area is 170 Å². The maximum atomic E-state index is 5.90. The lowest BCUT2D eigenvalue weighted by Gasteiger charge is -2.33. The van der Waals surface area contributed by atoms with Gasteiger partial charge in [-0.3, -0.25) is 0 Å². The van der Waals surface area contributed by atoms with Gasteiger partial charge in [-0.05, 0) is 67.6 Å². The molecule has 4 heteroatoms. The standard InChI is InChI=1S/C24H35N3O/c1-4-18-16-21(22-12-9-13-24(25)26-22)23(28-3)17-19(18)14-15-27(5-2)20-10-7-6-8-11-20/h9,12-13,16-17,20H,4-8,10-11,14-15H2,1-3H3,(H2,25,26). The molecule has 2 aromatic rings. The second-order valence-electron chi connectivity index (χ2n) is 7.79. The minimum atomic E-state index is 0.535. The van der Waals surface area contributed by atoms with Crippen LogP contribution in [-0.2, 0) is 12.8 Å². The van der Waals surface area contributed by atoms with Crippen LogP contribution in [0.25, 0.3) is 11.3 Å². The highest BCUT2D eigenvalue weighted by atomic mass is 16.5. The van der Waals surface area contributed by atoms with Crippen molar-refractivity contribution in [3.05, 3.63) is 41.5 Å². The van der Waals surface area contributed by atoms with Gasteiger partial charge >= 0.3 is 0 Å². The molecule has 1 aliphatic carbocycles. The molecule has 0 bridgehead atoms. The number of nitrogens with zero attached hydrogens (tertiary/aromatic N) is 2. The Bertz CT molecular complexity index is 768. The molecular weight excluding hydrogens is 346 g/mol. The predicted octanol–water partition coefficient (Wildman–Crippen LogP) is 5.10. The van der Waals surface area contributed by atoms with Gasteiger partial charge in [0, 0.05) is 18.2 Å². The number of nitrogens with two attached hydrogens (primary N) is 1. The fraction of sp³-hybridized carbons (Fsp3) is 0.542. The van der Waals surface area contributed by atoms with E-state index in [1.807, 2.05) is 18.2 Å². The van der Waals surface area contributed by atoms with E-state index in [2.05, 4.69) is 35.9 Å². The molecular formula is C24H35N3O. The van der Waals surface area contributed by atoms with E-state index in [9.17, 15) is 0 Å². The van der Waals surface area contributed by atoms with Crippen molar-refractivity contribution < 1.29 is 4.74 Å². The van der Waals surface area contributed by atoms with Gasteiger partial charge in [0.25, 0.3) is 0 Å². The number of rotatable bonds is 8. The van der Waals surface area contributed by atoms with E-state index >= 15 is 0 Å². The van der Waals surface area contributed by atoms with Crippen molar-refractivity contribution in [2.45, 2.75) is 64.8 Å². The summed E-state index contributed by atoms with van der Waals surface area (Å²) in [7, 11) is 1.74. The fourth-order valence-electron chi connectivity index (χ4n) is 4.51. The zero-order valence-corrected chi connectivity index (χ0v) is 17.7. The number of methoxy groups -OCH3 is 1.